The predicted molar refractivity (Wildman–Crippen MR) is 90.5 cm³/mol. The summed E-state index contributed by atoms with van der Waals surface area (Å²) >= 11 is 0. The summed E-state index contributed by atoms with van der Waals surface area (Å²) in [4.78, 5) is 14.9. The third kappa shape index (κ3) is 2.36. The van der Waals surface area contributed by atoms with Crippen LogP contribution in [-0.2, 0) is 10.1 Å². The number of H-pyrrole nitrogens is 2. The first-order chi connectivity index (χ1) is 11.3. The molecule has 2 aromatic carbocycles. The van der Waals surface area contributed by atoms with E-state index in [-0.39, 0.29) is 4.90 Å². The fraction of sp³-hybridized carbons (Fsp3) is 0.125. The lowest BCUT2D eigenvalue weighted by atomic mass is 10.1. The second-order valence-electron chi connectivity index (χ2n) is 5.77. The zero-order valence-corrected chi connectivity index (χ0v) is 13.8. The van der Waals surface area contributed by atoms with Crippen molar-refractivity contribution in [3.05, 3.63) is 41.7 Å². The first-order valence-corrected chi connectivity index (χ1v) is 8.70. The van der Waals surface area contributed by atoms with Crippen molar-refractivity contribution in [2.75, 3.05) is 0 Å². The third-order valence-electron chi connectivity index (χ3n) is 3.87. The van der Waals surface area contributed by atoms with Crippen LogP contribution in [0, 0.1) is 13.8 Å². The van der Waals surface area contributed by atoms with E-state index in [9.17, 15) is 13.0 Å². The van der Waals surface area contributed by atoms with E-state index < -0.39 is 10.1 Å². The first kappa shape index (κ1) is 14.9. The lowest BCUT2D eigenvalue weighted by Gasteiger charge is -2.05. The number of hydrogen-bond donors (Lipinski definition) is 3. The van der Waals surface area contributed by atoms with Gasteiger partial charge in [-0.3, -0.25) is 4.55 Å². The Hall–Kier alpha value is -2.71. The summed E-state index contributed by atoms with van der Waals surface area (Å²) in [6, 6.07) is 8.53. The van der Waals surface area contributed by atoms with Gasteiger partial charge in [-0.1, -0.05) is 6.07 Å². The molecule has 0 bridgehead atoms. The summed E-state index contributed by atoms with van der Waals surface area (Å²) < 4.78 is 32.9. The highest BCUT2D eigenvalue weighted by atomic mass is 32.2. The molecule has 0 amide bonds. The summed E-state index contributed by atoms with van der Waals surface area (Å²) in [6.07, 6.45) is 0. The van der Waals surface area contributed by atoms with Crippen molar-refractivity contribution in [1.82, 2.24) is 19.9 Å². The van der Waals surface area contributed by atoms with Gasteiger partial charge >= 0.3 is 0 Å². The Morgan fingerprint density at radius 1 is 0.958 bits per heavy atom. The summed E-state index contributed by atoms with van der Waals surface area (Å²) in [5.74, 6) is 1.19. The van der Waals surface area contributed by atoms with Crippen LogP contribution in [0.3, 0.4) is 0 Å². The Bertz CT molecular complexity index is 1150. The van der Waals surface area contributed by atoms with Crippen molar-refractivity contribution in [1.29, 1.82) is 0 Å². The van der Waals surface area contributed by atoms with E-state index >= 15 is 0 Å². The molecular weight excluding hydrogens is 328 g/mol. The molecule has 122 valence electrons. The van der Waals surface area contributed by atoms with E-state index in [0.717, 1.165) is 27.9 Å². The minimum Gasteiger partial charge on any atom is -0.342 e. The van der Waals surface area contributed by atoms with Gasteiger partial charge in [0.05, 0.1) is 22.1 Å². The van der Waals surface area contributed by atoms with Crippen LogP contribution < -0.4 is 0 Å². The van der Waals surface area contributed by atoms with Crippen LogP contribution in [0.15, 0.2) is 35.2 Å². The number of nitrogens with zero attached hydrogens (tertiary/aromatic N) is 2. The minimum atomic E-state index is -4.35. The van der Waals surface area contributed by atoms with E-state index in [2.05, 4.69) is 19.9 Å². The van der Waals surface area contributed by atoms with Crippen LogP contribution in [0.4, 0.5) is 0 Å². The summed E-state index contributed by atoms with van der Waals surface area (Å²) in [5.41, 5.74) is 4.14. The quantitative estimate of drug-likeness (QED) is 0.485. The standard InChI is InChI=1S/C16H14N4O3S/c1-8-3-4-10(15(5-8)24(21,22)23)16-19-13-6-11-12(7-14(13)20-16)18-9(2)17-11/h3-7H,1-2H3,(H,17,18)(H,19,20)(H,21,22,23). The van der Waals surface area contributed by atoms with Crippen molar-refractivity contribution in [2.24, 2.45) is 0 Å². The number of nitrogens with one attached hydrogen (secondary N) is 2. The van der Waals surface area contributed by atoms with Crippen molar-refractivity contribution < 1.29 is 13.0 Å². The Kier molecular flexibility index (Phi) is 3.03. The molecule has 4 rings (SSSR count). The molecule has 0 spiro atoms. The maximum Gasteiger partial charge on any atom is 0.295 e. The fourth-order valence-corrected chi connectivity index (χ4v) is 3.59. The van der Waals surface area contributed by atoms with Gasteiger partial charge in [-0.15, -0.1) is 0 Å². The first-order valence-electron chi connectivity index (χ1n) is 7.26. The molecule has 0 saturated carbocycles. The van der Waals surface area contributed by atoms with Gasteiger partial charge in [0.2, 0.25) is 0 Å². The van der Waals surface area contributed by atoms with Crippen LogP contribution in [0.5, 0.6) is 0 Å². The molecule has 0 saturated heterocycles. The third-order valence-corrected chi connectivity index (χ3v) is 4.77. The van der Waals surface area contributed by atoms with Crippen molar-refractivity contribution in [3.8, 4) is 11.4 Å². The number of aryl methyl sites for hydroxylation is 2. The molecule has 2 heterocycles. The maximum absolute atomic E-state index is 11.7. The predicted octanol–water partition coefficient (Wildman–Crippen LogP) is 2.97. The number of imidazole rings is 2. The zero-order chi connectivity index (χ0) is 17.1. The smallest absolute Gasteiger partial charge is 0.295 e. The van der Waals surface area contributed by atoms with Gasteiger partial charge in [0.1, 0.15) is 16.5 Å². The molecule has 2 aromatic heterocycles. The Morgan fingerprint density at radius 2 is 1.67 bits per heavy atom. The number of aromatic amines is 2. The second kappa shape index (κ2) is 4.89. The van der Waals surface area contributed by atoms with Gasteiger partial charge < -0.3 is 9.97 Å². The van der Waals surface area contributed by atoms with Gasteiger partial charge in [-0.25, -0.2) is 9.97 Å². The molecule has 0 aliphatic rings. The molecule has 0 radical (unpaired) electrons. The molecule has 24 heavy (non-hydrogen) atoms. The fourth-order valence-electron chi connectivity index (χ4n) is 2.81. The molecule has 0 aliphatic carbocycles. The Morgan fingerprint density at radius 3 is 2.42 bits per heavy atom. The topological polar surface area (TPSA) is 112 Å². The van der Waals surface area contributed by atoms with E-state index in [4.69, 9.17) is 0 Å². The van der Waals surface area contributed by atoms with Crippen LogP contribution in [0.1, 0.15) is 11.4 Å². The molecular formula is C16H14N4O3S. The van der Waals surface area contributed by atoms with Gasteiger partial charge in [-0.2, -0.15) is 8.42 Å². The summed E-state index contributed by atoms with van der Waals surface area (Å²) in [7, 11) is -4.35. The normalized spacial score (nSPS) is 12.3. The van der Waals surface area contributed by atoms with Crippen LogP contribution in [-0.4, -0.2) is 32.9 Å². The highest BCUT2D eigenvalue weighted by molar-refractivity contribution is 7.86. The van der Waals surface area contributed by atoms with Crippen molar-refractivity contribution >= 4 is 32.2 Å². The summed E-state index contributed by atoms with van der Waals surface area (Å²) in [6.45, 7) is 3.63. The second-order valence-corrected chi connectivity index (χ2v) is 7.16. The van der Waals surface area contributed by atoms with Crippen LogP contribution in [0.25, 0.3) is 33.5 Å². The van der Waals surface area contributed by atoms with Crippen LogP contribution in [0.2, 0.25) is 0 Å². The van der Waals surface area contributed by atoms with E-state index in [1.165, 1.54) is 6.07 Å². The maximum atomic E-state index is 11.7. The van der Waals surface area contributed by atoms with Gasteiger partial charge in [0.25, 0.3) is 10.1 Å². The molecule has 3 N–H and O–H groups in total. The molecule has 0 unspecified atom stereocenters. The molecule has 7 nitrogen and oxygen atoms in total. The lowest BCUT2D eigenvalue weighted by Crippen LogP contribution is -2.02. The number of rotatable bonds is 2. The Balaban J connectivity index is 1.97. The highest BCUT2D eigenvalue weighted by Crippen LogP contribution is 2.29. The molecule has 4 aromatic rings. The number of benzene rings is 2. The lowest BCUT2D eigenvalue weighted by molar-refractivity contribution is 0.483. The average Bonchev–Trinajstić information content (AvgIpc) is 3.04. The summed E-state index contributed by atoms with van der Waals surface area (Å²) in [5, 5.41) is 0. The monoisotopic (exact) mass is 342 g/mol. The molecule has 0 fully saturated rings. The Labute approximate surface area is 137 Å². The molecule has 8 heteroatoms. The van der Waals surface area contributed by atoms with E-state index in [0.29, 0.717) is 16.9 Å². The van der Waals surface area contributed by atoms with Crippen LogP contribution >= 0.6 is 0 Å². The molecule has 0 atom stereocenters. The van der Waals surface area contributed by atoms with Crippen molar-refractivity contribution in [3.63, 3.8) is 0 Å². The SMILES string of the molecule is Cc1ccc(-c2nc3cc4nc(C)[nH]c4cc3[nH]2)c(S(=O)(=O)O)c1. The van der Waals surface area contributed by atoms with E-state index in [1.807, 2.05) is 19.1 Å². The van der Waals surface area contributed by atoms with Gasteiger partial charge in [-0.05, 0) is 43.7 Å². The van der Waals surface area contributed by atoms with Gasteiger partial charge in [0.15, 0.2) is 0 Å². The van der Waals surface area contributed by atoms with Gasteiger partial charge in [0, 0.05) is 5.56 Å². The molecule has 0 aliphatic heterocycles. The largest absolute Gasteiger partial charge is 0.342 e. The van der Waals surface area contributed by atoms with Crippen molar-refractivity contribution in [2.45, 2.75) is 18.7 Å². The van der Waals surface area contributed by atoms with E-state index in [1.54, 1.807) is 19.1 Å². The number of fused-ring (bicyclic) bond motifs is 2. The minimum absolute atomic E-state index is 0.166. The average molecular weight is 342 g/mol. The highest BCUT2D eigenvalue weighted by Gasteiger charge is 2.19. The zero-order valence-electron chi connectivity index (χ0n) is 13.0. The number of hydrogen-bond acceptors (Lipinski definition) is 4. The number of aromatic nitrogens is 4.